The summed E-state index contributed by atoms with van der Waals surface area (Å²) < 4.78 is 6.19. The molecule has 1 amide bonds. The molecule has 5 nitrogen and oxygen atoms in total. The van der Waals surface area contributed by atoms with Gasteiger partial charge in [-0.1, -0.05) is 11.6 Å². The van der Waals surface area contributed by atoms with Gasteiger partial charge in [-0.3, -0.25) is 4.79 Å². The first-order valence-corrected chi connectivity index (χ1v) is 7.40. The van der Waals surface area contributed by atoms with E-state index in [-0.39, 0.29) is 18.6 Å². The fourth-order valence-electron chi connectivity index (χ4n) is 2.23. The first kappa shape index (κ1) is 15.2. The second-order valence-corrected chi connectivity index (χ2v) is 6.13. The molecule has 0 spiro atoms. The number of carboxylic acids is 1. The van der Waals surface area contributed by atoms with E-state index in [0.717, 1.165) is 9.13 Å². The van der Waals surface area contributed by atoms with Crippen LogP contribution in [-0.2, 0) is 9.53 Å². The number of hydrogen-bond donors (Lipinski definition) is 1. The monoisotopic (exact) mass is 389 g/mol. The molecule has 0 bridgehead atoms. The molecule has 108 valence electrons. The maximum atomic E-state index is 12.6. The molecule has 1 aromatic rings. The van der Waals surface area contributed by atoms with E-state index < -0.39 is 12.1 Å². The summed E-state index contributed by atoms with van der Waals surface area (Å²) in [7, 11) is 0. The minimum atomic E-state index is -1.03. The topological polar surface area (TPSA) is 66.8 Å². The molecule has 0 aromatic heterocycles. The highest BCUT2D eigenvalue weighted by atomic mass is 127. The number of halogens is 1. The Bertz CT molecular complexity index is 546. The largest absolute Gasteiger partial charge is 0.479 e. The zero-order valence-electron chi connectivity index (χ0n) is 11.3. The van der Waals surface area contributed by atoms with Crippen LogP contribution in [-0.4, -0.2) is 47.2 Å². The third kappa shape index (κ3) is 3.29. The Morgan fingerprint density at radius 3 is 2.75 bits per heavy atom. The lowest BCUT2D eigenvalue weighted by molar-refractivity contribution is -0.160. The van der Waals surface area contributed by atoms with Crippen molar-refractivity contribution >= 4 is 34.5 Å². The van der Waals surface area contributed by atoms with E-state index >= 15 is 0 Å². The van der Waals surface area contributed by atoms with Gasteiger partial charge in [-0.2, -0.15) is 0 Å². The smallest absolute Gasteiger partial charge is 0.334 e. The normalized spacial score (nSPS) is 22.6. The van der Waals surface area contributed by atoms with E-state index in [1.54, 1.807) is 11.8 Å². The Morgan fingerprint density at radius 2 is 2.10 bits per heavy atom. The first-order valence-electron chi connectivity index (χ1n) is 6.32. The van der Waals surface area contributed by atoms with Gasteiger partial charge >= 0.3 is 5.97 Å². The first-order chi connectivity index (χ1) is 9.38. The quantitative estimate of drug-likeness (QED) is 0.785. The standard InChI is InChI=1S/C14H16INO4/c1-8-3-4-11(15)10(5-8)13(17)16-6-9(2)20-12(7-16)14(18)19/h3-5,9,12H,6-7H2,1-2H3,(H,18,19)/t9-,12?/m1/s1. The second kappa shape index (κ2) is 6.09. The van der Waals surface area contributed by atoms with Crippen molar-refractivity contribution < 1.29 is 19.4 Å². The van der Waals surface area contributed by atoms with Crippen molar-refractivity contribution in [2.75, 3.05) is 13.1 Å². The van der Waals surface area contributed by atoms with Gasteiger partial charge in [0.1, 0.15) is 0 Å². The summed E-state index contributed by atoms with van der Waals surface area (Å²) in [6.07, 6.45) is -1.23. The maximum absolute atomic E-state index is 12.6. The average Bonchev–Trinajstić information content (AvgIpc) is 2.40. The summed E-state index contributed by atoms with van der Waals surface area (Å²) in [5.41, 5.74) is 1.62. The molecule has 1 unspecified atom stereocenters. The van der Waals surface area contributed by atoms with Crippen LogP contribution < -0.4 is 0 Å². The molecule has 6 heteroatoms. The molecule has 0 saturated carbocycles. The summed E-state index contributed by atoms with van der Waals surface area (Å²) in [6, 6.07) is 5.67. The number of carboxylic acid groups (broad SMARTS) is 1. The van der Waals surface area contributed by atoms with Crippen LogP contribution in [0, 0.1) is 10.5 Å². The molecule has 20 heavy (non-hydrogen) atoms. The number of nitrogens with zero attached hydrogens (tertiary/aromatic N) is 1. The fourth-order valence-corrected chi connectivity index (χ4v) is 2.79. The lowest BCUT2D eigenvalue weighted by Gasteiger charge is -2.35. The summed E-state index contributed by atoms with van der Waals surface area (Å²) >= 11 is 2.12. The van der Waals surface area contributed by atoms with Crippen molar-refractivity contribution in [3.8, 4) is 0 Å². The van der Waals surface area contributed by atoms with Crippen LogP contribution in [0.3, 0.4) is 0 Å². The van der Waals surface area contributed by atoms with E-state index in [0.29, 0.717) is 12.1 Å². The number of rotatable bonds is 2. The SMILES string of the molecule is Cc1ccc(I)c(C(=O)N2CC(C(=O)O)O[C@H](C)C2)c1. The molecule has 2 rings (SSSR count). The van der Waals surface area contributed by atoms with E-state index in [1.807, 2.05) is 25.1 Å². The molecule has 1 N–H and O–H groups in total. The van der Waals surface area contributed by atoms with Crippen molar-refractivity contribution in [2.24, 2.45) is 0 Å². The van der Waals surface area contributed by atoms with Gasteiger partial charge in [0.15, 0.2) is 6.10 Å². The summed E-state index contributed by atoms with van der Waals surface area (Å²) in [4.78, 5) is 25.2. The van der Waals surface area contributed by atoms with Gasteiger partial charge in [0.25, 0.3) is 5.91 Å². The molecular formula is C14H16INO4. The number of aliphatic carboxylic acids is 1. The van der Waals surface area contributed by atoms with Crippen molar-refractivity contribution in [3.63, 3.8) is 0 Å². The molecule has 2 atom stereocenters. The molecular weight excluding hydrogens is 373 g/mol. The summed E-state index contributed by atoms with van der Waals surface area (Å²) in [5.74, 6) is -1.17. The number of morpholine rings is 1. The highest BCUT2D eigenvalue weighted by Crippen LogP contribution is 2.19. The molecule has 1 heterocycles. The van der Waals surface area contributed by atoms with Crippen LogP contribution in [0.25, 0.3) is 0 Å². The average molecular weight is 389 g/mol. The number of carbonyl (C=O) groups is 2. The highest BCUT2D eigenvalue weighted by molar-refractivity contribution is 14.1. The highest BCUT2D eigenvalue weighted by Gasteiger charge is 2.33. The van der Waals surface area contributed by atoms with Gasteiger partial charge in [0, 0.05) is 10.1 Å². The molecule has 1 saturated heterocycles. The van der Waals surface area contributed by atoms with Crippen LogP contribution in [0.2, 0.25) is 0 Å². The van der Waals surface area contributed by atoms with E-state index in [9.17, 15) is 9.59 Å². The van der Waals surface area contributed by atoms with Crippen molar-refractivity contribution in [3.05, 3.63) is 32.9 Å². The number of aryl methyl sites for hydroxylation is 1. The van der Waals surface area contributed by atoms with E-state index in [4.69, 9.17) is 9.84 Å². The van der Waals surface area contributed by atoms with Gasteiger partial charge < -0.3 is 14.7 Å². The molecule has 1 aliphatic rings. The van der Waals surface area contributed by atoms with Crippen LogP contribution in [0.5, 0.6) is 0 Å². The maximum Gasteiger partial charge on any atom is 0.334 e. The van der Waals surface area contributed by atoms with Gasteiger partial charge in [-0.25, -0.2) is 4.79 Å². The molecule has 1 aromatic carbocycles. The third-order valence-electron chi connectivity index (χ3n) is 3.18. The van der Waals surface area contributed by atoms with Crippen molar-refractivity contribution in [1.82, 2.24) is 4.90 Å². The molecule has 0 aliphatic carbocycles. The number of amides is 1. The molecule has 1 fully saturated rings. The predicted molar refractivity (Wildman–Crippen MR) is 81.8 cm³/mol. The minimum absolute atomic E-state index is 0.0858. The molecule has 1 aliphatic heterocycles. The zero-order chi connectivity index (χ0) is 14.9. The van der Waals surface area contributed by atoms with Gasteiger partial charge in [0.2, 0.25) is 0 Å². The van der Waals surface area contributed by atoms with E-state index in [2.05, 4.69) is 22.6 Å². The van der Waals surface area contributed by atoms with Crippen LogP contribution >= 0.6 is 22.6 Å². The number of carbonyl (C=O) groups excluding carboxylic acids is 1. The second-order valence-electron chi connectivity index (χ2n) is 4.97. The number of benzene rings is 1. The van der Waals surface area contributed by atoms with Crippen LogP contribution in [0.15, 0.2) is 18.2 Å². The summed E-state index contributed by atoms with van der Waals surface area (Å²) in [6.45, 7) is 4.20. The Hall–Kier alpha value is -1.15. The fraction of sp³-hybridized carbons (Fsp3) is 0.429. The lowest BCUT2D eigenvalue weighted by atomic mass is 10.1. The Morgan fingerprint density at radius 1 is 1.40 bits per heavy atom. The van der Waals surface area contributed by atoms with Crippen molar-refractivity contribution in [2.45, 2.75) is 26.1 Å². The van der Waals surface area contributed by atoms with Gasteiger partial charge in [-0.05, 0) is 48.6 Å². The predicted octanol–water partition coefficient (Wildman–Crippen LogP) is 1.91. The summed E-state index contributed by atoms with van der Waals surface area (Å²) in [5, 5.41) is 9.06. The third-order valence-corrected chi connectivity index (χ3v) is 4.12. The number of hydrogen-bond acceptors (Lipinski definition) is 3. The van der Waals surface area contributed by atoms with Crippen molar-refractivity contribution in [1.29, 1.82) is 0 Å². The Kier molecular flexibility index (Phi) is 4.64. The molecule has 0 radical (unpaired) electrons. The van der Waals surface area contributed by atoms with Gasteiger partial charge in [0.05, 0.1) is 18.2 Å². The minimum Gasteiger partial charge on any atom is -0.479 e. The Balaban J connectivity index is 2.23. The number of ether oxygens (including phenoxy) is 1. The lowest BCUT2D eigenvalue weighted by Crippen LogP contribution is -2.51. The van der Waals surface area contributed by atoms with E-state index in [1.165, 1.54) is 0 Å². The van der Waals surface area contributed by atoms with Crippen LogP contribution in [0.1, 0.15) is 22.8 Å². The van der Waals surface area contributed by atoms with Crippen LogP contribution in [0.4, 0.5) is 0 Å². The van der Waals surface area contributed by atoms with Gasteiger partial charge in [-0.15, -0.1) is 0 Å². The zero-order valence-corrected chi connectivity index (χ0v) is 13.5. The Labute approximate surface area is 131 Å².